The smallest absolute Gasteiger partial charge is 0.310 e. The molecule has 4 saturated carbocycles. The summed E-state index contributed by atoms with van der Waals surface area (Å²) >= 11 is 0. The molecular weight excluding hydrogens is 612 g/mol. The number of rotatable bonds is 6. The van der Waals surface area contributed by atoms with Gasteiger partial charge in [-0.1, -0.05) is 27.7 Å². The van der Waals surface area contributed by atoms with Gasteiger partial charge in [0, 0.05) is 42.4 Å². The normalized spacial score (nSPS) is 49.8. The Balaban J connectivity index is 1.40. The SMILES string of the molecule is CCC(C)C(=O)OC1OC[C@@]23[C@H](O)[C@H](OC(C)=O)[C@H](OC(C)=O)[C@]1(C)[C@H]2C[C@@H]1O[C@]24[C@@H](O)C[C@H](c5ccoc5)[C@@]2(C)CC(=O)[C@@H]3[C@]14C. The molecule has 6 aliphatic rings. The molecule has 2 N–H and O–H groups in total. The fourth-order valence-corrected chi connectivity index (χ4v) is 11.8. The quantitative estimate of drug-likeness (QED) is 0.339. The predicted molar refractivity (Wildman–Crippen MR) is 160 cm³/mol. The number of ether oxygens (including phenoxy) is 5. The number of carbonyl (C=O) groups is 4. The summed E-state index contributed by atoms with van der Waals surface area (Å²) in [4.78, 5) is 53.4. The van der Waals surface area contributed by atoms with Crippen LogP contribution in [0.3, 0.4) is 0 Å². The maximum atomic E-state index is 14.9. The number of carbonyl (C=O) groups excluding carboxylic acids is 4. The molecule has 1 aromatic heterocycles. The van der Waals surface area contributed by atoms with E-state index in [2.05, 4.69) is 0 Å². The number of hydrogen-bond acceptors (Lipinski definition) is 12. The van der Waals surface area contributed by atoms with E-state index in [4.69, 9.17) is 28.1 Å². The summed E-state index contributed by atoms with van der Waals surface area (Å²) in [6, 6.07) is 1.86. The van der Waals surface area contributed by atoms with E-state index in [1.807, 2.05) is 26.8 Å². The van der Waals surface area contributed by atoms with Crippen LogP contribution in [0.25, 0.3) is 0 Å². The van der Waals surface area contributed by atoms with Gasteiger partial charge in [0.2, 0.25) is 6.29 Å². The van der Waals surface area contributed by atoms with E-state index in [1.165, 1.54) is 13.8 Å². The van der Waals surface area contributed by atoms with Crippen LogP contribution in [0.4, 0.5) is 0 Å². The monoisotopic (exact) mass is 658 g/mol. The van der Waals surface area contributed by atoms with Gasteiger partial charge in [0.25, 0.3) is 0 Å². The molecule has 6 fully saturated rings. The van der Waals surface area contributed by atoms with Crippen molar-refractivity contribution in [1.82, 2.24) is 0 Å². The van der Waals surface area contributed by atoms with Crippen LogP contribution in [0.2, 0.25) is 0 Å². The minimum Gasteiger partial charge on any atom is -0.472 e. The van der Waals surface area contributed by atoms with E-state index in [1.54, 1.807) is 26.4 Å². The van der Waals surface area contributed by atoms with Crippen molar-refractivity contribution in [3.8, 4) is 0 Å². The number of aliphatic hydroxyl groups is 2. The average Bonchev–Trinajstić information content (AvgIpc) is 3.60. The van der Waals surface area contributed by atoms with Crippen LogP contribution in [0.15, 0.2) is 23.0 Å². The van der Waals surface area contributed by atoms with E-state index in [0.717, 1.165) is 5.56 Å². The summed E-state index contributed by atoms with van der Waals surface area (Å²) < 4.78 is 36.5. The molecule has 2 aliphatic heterocycles. The molecule has 12 heteroatoms. The molecule has 12 nitrogen and oxygen atoms in total. The highest BCUT2D eigenvalue weighted by molar-refractivity contribution is 5.87. The summed E-state index contributed by atoms with van der Waals surface area (Å²) in [7, 11) is 0. The molecule has 7 rings (SSSR count). The molecule has 0 radical (unpaired) electrons. The maximum Gasteiger partial charge on any atom is 0.310 e. The van der Waals surface area contributed by atoms with E-state index in [-0.39, 0.29) is 24.7 Å². The number of furan rings is 1. The van der Waals surface area contributed by atoms with Crippen LogP contribution < -0.4 is 0 Å². The van der Waals surface area contributed by atoms with Gasteiger partial charge in [-0.2, -0.15) is 0 Å². The number of Topliss-reactive ketones (excluding diaryl/α,β-unsaturated/α-hetero) is 1. The first-order valence-electron chi connectivity index (χ1n) is 16.8. The molecular formula is C35H46O12. The first-order valence-corrected chi connectivity index (χ1v) is 16.8. The van der Waals surface area contributed by atoms with E-state index >= 15 is 0 Å². The van der Waals surface area contributed by atoms with Gasteiger partial charge in [0.05, 0.1) is 42.7 Å². The Kier molecular flexibility index (Phi) is 7.21. The summed E-state index contributed by atoms with van der Waals surface area (Å²) in [5.41, 5.74) is -4.72. The zero-order chi connectivity index (χ0) is 34.1. The third-order valence-corrected chi connectivity index (χ3v) is 13.7. The van der Waals surface area contributed by atoms with Crippen molar-refractivity contribution >= 4 is 23.7 Å². The zero-order valence-corrected chi connectivity index (χ0v) is 28.0. The fourth-order valence-electron chi connectivity index (χ4n) is 11.8. The summed E-state index contributed by atoms with van der Waals surface area (Å²) in [5, 5.41) is 24.5. The van der Waals surface area contributed by atoms with Crippen molar-refractivity contribution in [2.75, 3.05) is 6.61 Å². The van der Waals surface area contributed by atoms with Gasteiger partial charge in [-0.25, -0.2) is 0 Å². The van der Waals surface area contributed by atoms with Crippen molar-refractivity contribution < 1.29 is 57.5 Å². The van der Waals surface area contributed by atoms with Gasteiger partial charge in [-0.15, -0.1) is 0 Å². The third kappa shape index (κ3) is 3.73. The highest BCUT2D eigenvalue weighted by Gasteiger charge is 2.90. The topological polar surface area (TPSA) is 168 Å². The standard InChI is InChI=1S/C35H46O12/c1-8-16(2)29(41)46-30-32(6)22-12-24-33(7)26(34(22,15-43-30)27(40)25(44-17(3)36)28(32)45-18(4)37)21(38)13-31(5)20(19-9-10-42-14-19)11-23(39)35(31,33)47-24/h9-10,14,16,20,22-28,30,39-40H,8,11-13,15H2,1-7H3/t16?,20-,22-,23+,24+,25+,26-,27-,28+,30?,31-,32+,33+,34-,35-/m1/s1. The van der Waals surface area contributed by atoms with E-state index in [0.29, 0.717) is 19.3 Å². The number of hydrogen-bond donors (Lipinski definition) is 2. The van der Waals surface area contributed by atoms with Gasteiger partial charge < -0.3 is 38.3 Å². The lowest BCUT2D eigenvalue weighted by Crippen LogP contribution is -2.90. The van der Waals surface area contributed by atoms with Gasteiger partial charge in [-0.05, 0) is 49.7 Å². The summed E-state index contributed by atoms with van der Waals surface area (Å²) in [6.07, 6.45) is -2.40. The molecule has 1 aromatic rings. The largest absolute Gasteiger partial charge is 0.472 e. The molecule has 15 atom stereocenters. The molecule has 258 valence electrons. The highest BCUT2D eigenvalue weighted by atomic mass is 16.7. The van der Waals surface area contributed by atoms with Gasteiger partial charge in [0.15, 0.2) is 12.2 Å². The second kappa shape index (κ2) is 10.4. The molecule has 0 amide bonds. The second-order valence-corrected chi connectivity index (χ2v) is 15.7. The van der Waals surface area contributed by atoms with Crippen molar-refractivity contribution in [3.05, 3.63) is 24.2 Å². The molecule has 3 heterocycles. The molecule has 2 unspecified atom stereocenters. The lowest BCUT2D eigenvalue weighted by Gasteiger charge is -2.81. The van der Waals surface area contributed by atoms with Crippen LogP contribution in [0.1, 0.15) is 85.6 Å². The Morgan fingerprint density at radius 1 is 1.06 bits per heavy atom. The molecule has 4 aliphatic carbocycles. The Morgan fingerprint density at radius 3 is 2.38 bits per heavy atom. The number of esters is 3. The third-order valence-electron chi connectivity index (χ3n) is 13.7. The predicted octanol–water partition coefficient (Wildman–Crippen LogP) is 3.06. The van der Waals surface area contributed by atoms with Crippen LogP contribution in [-0.2, 0) is 42.9 Å². The van der Waals surface area contributed by atoms with Crippen molar-refractivity contribution in [3.63, 3.8) is 0 Å². The highest BCUT2D eigenvalue weighted by Crippen LogP contribution is 2.82. The van der Waals surface area contributed by atoms with Crippen LogP contribution >= 0.6 is 0 Å². The maximum absolute atomic E-state index is 14.9. The van der Waals surface area contributed by atoms with Crippen LogP contribution in [0.5, 0.6) is 0 Å². The lowest BCUT2D eigenvalue weighted by atomic mass is 9.30. The average molecular weight is 659 g/mol. The molecule has 0 aromatic carbocycles. The first-order chi connectivity index (χ1) is 22.0. The van der Waals surface area contributed by atoms with Gasteiger partial charge in [-0.3, -0.25) is 19.2 Å². The minimum absolute atomic E-state index is 0.0584. The number of ketones is 1. The second-order valence-electron chi connectivity index (χ2n) is 15.7. The van der Waals surface area contributed by atoms with E-state index < -0.39 is 99.7 Å². The van der Waals surface area contributed by atoms with Crippen molar-refractivity contribution in [2.24, 2.45) is 39.4 Å². The molecule has 2 bridgehead atoms. The lowest BCUT2D eigenvalue weighted by molar-refractivity contribution is -0.458. The van der Waals surface area contributed by atoms with Crippen LogP contribution in [-0.4, -0.2) is 82.9 Å². The van der Waals surface area contributed by atoms with Crippen LogP contribution in [0, 0.1) is 39.4 Å². The first kappa shape index (κ1) is 32.7. The summed E-state index contributed by atoms with van der Waals surface area (Å²) in [5.74, 6) is -4.22. The molecule has 47 heavy (non-hydrogen) atoms. The number of aliphatic hydroxyl groups excluding tert-OH is 2. The Hall–Kier alpha value is -2.80. The Labute approximate surface area is 273 Å². The van der Waals surface area contributed by atoms with Gasteiger partial charge in [0.1, 0.15) is 17.5 Å². The Bertz CT molecular complexity index is 1490. The molecule has 2 saturated heterocycles. The Morgan fingerprint density at radius 2 is 1.77 bits per heavy atom. The minimum atomic E-state index is -1.50. The fraction of sp³-hybridized carbons (Fsp3) is 0.771. The van der Waals surface area contributed by atoms with Gasteiger partial charge >= 0.3 is 17.9 Å². The zero-order valence-electron chi connectivity index (χ0n) is 28.0. The summed E-state index contributed by atoms with van der Waals surface area (Å²) in [6.45, 7) is 11.6. The van der Waals surface area contributed by atoms with Crippen molar-refractivity contribution in [1.29, 1.82) is 0 Å². The van der Waals surface area contributed by atoms with Crippen molar-refractivity contribution in [2.45, 2.75) is 122 Å². The van der Waals surface area contributed by atoms with E-state index in [9.17, 15) is 29.4 Å². The molecule has 1 spiro atoms.